The molecule has 4 aliphatic heterocycles. The summed E-state index contributed by atoms with van der Waals surface area (Å²) in [7, 11) is 1.28. The van der Waals surface area contributed by atoms with E-state index in [-0.39, 0.29) is 6.61 Å². The first-order chi connectivity index (χ1) is 18.1. The van der Waals surface area contributed by atoms with Crippen LogP contribution in [-0.4, -0.2) is 178 Å². The monoisotopic (exact) mass is 560 g/mol. The molecular formula is C21H36O17. The second-order valence-electron chi connectivity index (χ2n) is 9.47. The predicted octanol–water partition coefficient (Wildman–Crippen LogP) is -6.54. The Balaban J connectivity index is 1.41. The van der Waals surface area contributed by atoms with Gasteiger partial charge in [0.05, 0.1) is 26.4 Å². The van der Waals surface area contributed by atoms with Crippen molar-refractivity contribution >= 4 is 0 Å². The van der Waals surface area contributed by atoms with Crippen LogP contribution in [-0.2, 0) is 37.9 Å². The third kappa shape index (κ3) is 5.99. The van der Waals surface area contributed by atoms with Crippen LogP contribution in [0.1, 0.15) is 0 Å². The van der Waals surface area contributed by atoms with Crippen molar-refractivity contribution < 1.29 is 83.9 Å². The fourth-order valence-electron chi connectivity index (χ4n) is 4.71. The summed E-state index contributed by atoms with van der Waals surface area (Å²) in [6, 6.07) is 0. The van der Waals surface area contributed by atoms with Gasteiger partial charge in [-0.3, -0.25) is 0 Å². The van der Waals surface area contributed by atoms with Gasteiger partial charge in [-0.25, -0.2) is 0 Å². The van der Waals surface area contributed by atoms with Crippen molar-refractivity contribution in [3.05, 3.63) is 0 Å². The summed E-state index contributed by atoms with van der Waals surface area (Å²) in [6.45, 7) is -1.93. The van der Waals surface area contributed by atoms with Crippen molar-refractivity contribution in [2.75, 3.05) is 33.5 Å². The molecule has 0 radical (unpaired) electrons. The van der Waals surface area contributed by atoms with E-state index >= 15 is 0 Å². The lowest BCUT2D eigenvalue weighted by atomic mass is 10.1. The van der Waals surface area contributed by atoms with Crippen molar-refractivity contribution in [3.8, 4) is 0 Å². The zero-order valence-electron chi connectivity index (χ0n) is 20.4. The summed E-state index contributed by atoms with van der Waals surface area (Å²) in [4.78, 5) is 0. The molecule has 9 N–H and O–H groups in total. The van der Waals surface area contributed by atoms with Crippen molar-refractivity contribution in [2.24, 2.45) is 0 Å². The van der Waals surface area contributed by atoms with Gasteiger partial charge in [-0.1, -0.05) is 0 Å². The van der Waals surface area contributed by atoms with Crippen LogP contribution in [0.25, 0.3) is 0 Å². The molecule has 0 amide bonds. The molecule has 0 bridgehead atoms. The number of ether oxygens (including phenoxy) is 8. The van der Waals surface area contributed by atoms with E-state index in [0.717, 1.165) is 0 Å². The van der Waals surface area contributed by atoms with E-state index in [4.69, 9.17) is 37.9 Å². The average Bonchev–Trinajstić information content (AvgIpc) is 3.56. The molecule has 4 heterocycles. The average molecular weight is 561 g/mol. The molecule has 222 valence electrons. The largest absolute Gasteiger partial charge is 0.394 e. The zero-order chi connectivity index (χ0) is 27.7. The number of methoxy groups -OCH3 is 1. The first-order valence-corrected chi connectivity index (χ1v) is 12.1. The fraction of sp³-hybridized carbons (Fsp3) is 1.00. The van der Waals surface area contributed by atoms with E-state index in [1.165, 1.54) is 7.11 Å². The minimum absolute atomic E-state index is 0.344. The second-order valence-corrected chi connectivity index (χ2v) is 9.47. The standard InChI is InChI=1S/C21H36O17/c1-31-18-13(27)12(26)8(36-18)4-32-20-16(30)17(38-21-15(29)11(25)7(3-23)35-21)9(37-20)5-33-19-14(28)10(24)6(2-22)34-19/h6-30H,2-5H2,1H3/t6-,7+,8+,9-,10-,11+,12+,13-,14+,15-,16+,17-,18?,19+,20+,21+/m1/s1. The van der Waals surface area contributed by atoms with Crippen molar-refractivity contribution in [1.29, 1.82) is 0 Å². The molecule has 16 atom stereocenters. The Labute approximate surface area is 216 Å². The first kappa shape index (κ1) is 30.3. The van der Waals surface area contributed by atoms with Crippen molar-refractivity contribution in [3.63, 3.8) is 0 Å². The molecule has 38 heavy (non-hydrogen) atoms. The molecule has 0 aromatic rings. The number of hydrogen-bond donors (Lipinski definition) is 9. The SMILES string of the molecule is COC1O[C@@H](CO[C@H]2O[C@H](CO[C@H]3O[C@H](CO)[C@@H](O)[C@@H]3O)[C@@H](O[C@@H]3O[C@@H](CO)[C@H](O)[C@H]3O)[C@@H]2O)[C@H](O)[C@H]1O. The molecule has 17 nitrogen and oxygen atoms in total. The Bertz CT molecular complexity index is 747. The Morgan fingerprint density at radius 2 is 0.921 bits per heavy atom. The van der Waals surface area contributed by atoms with Gasteiger partial charge in [0.15, 0.2) is 25.2 Å². The van der Waals surface area contributed by atoms with Crippen LogP contribution >= 0.6 is 0 Å². The molecule has 0 aromatic carbocycles. The minimum Gasteiger partial charge on any atom is -0.394 e. The molecule has 17 heteroatoms. The van der Waals surface area contributed by atoms with E-state index in [2.05, 4.69) is 0 Å². The molecule has 0 aliphatic carbocycles. The van der Waals surface area contributed by atoms with E-state index in [0.29, 0.717) is 0 Å². The lowest BCUT2D eigenvalue weighted by Gasteiger charge is -2.26. The van der Waals surface area contributed by atoms with Gasteiger partial charge in [-0.15, -0.1) is 0 Å². The molecular weight excluding hydrogens is 524 g/mol. The van der Waals surface area contributed by atoms with Gasteiger partial charge in [0.1, 0.15) is 73.2 Å². The highest BCUT2D eigenvalue weighted by Gasteiger charge is 2.52. The van der Waals surface area contributed by atoms with Crippen molar-refractivity contribution in [1.82, 2.24) is 0 Å². The summed E-state index contributed by atoms with van der Waals surface area (Å²) in [5.74, 6) is 0. The lowest BCUT2D eigenvalue weighted by molar-refractivity contribution is -0.228. The maximum absolute atomic E-state index is 10.9. The molecule has 0 spiro atoms. The smallest absolute Gasteiger partial charge is 0.187 e. The van der Waals surface area contributed by atoms with Gasteiger partial charge in [0.25, 0.3) is 0 Å². The molecule has 0 aromatic heterocycles. The van der Waals surface area contributed by atoms with Crippen LogP contribution in [0.3, 0.4) is 0 Å². The Hall–Kier alpha value is -0.680. The quantitative estimate of drug-likeness (QED) is 0.114. The summed E-state index contributed by atoms with van der Waals surface area (Å²) in [5, 5.41) is 89.9. The van der Waals surface area contributed by atoms with Crippen LogP contribution in [0.5, 0.6) is 0 Å². The third-order valence-corrected chi connectivity index (χ3v) is 6.98. The molecule has 4 fully saturated rings. The maximum Gasteiger partial charge on any atom is 0.187 e. The van der Waals surface area contributed by atoms with Gasteiger partial charge in [-0.2, -0.15) is 0 Å². The first-order valence-electron chi connectivity index (χ1n) is 12.1. The van der Waals surface area contributed by atoms with Gasteiger partial charge in [0.2, 0.25) is 0 Å². The summed E-state index contributed by atoms with van der Waals surface area (Å²) in [5.41, 5.74) is 0. The Morgan fingerprint density at radius 3 is 1.45 bits per heavy atom. The number of aliphatic hydroxyl groups excluding tert-OH is 9. The Morgan fingerprint density at radius 1 is 0.500 bits per heavy atom. The summed E-state index contributed by atoms with van der Waals surface area (Å²) >= 11 is 0. The van der Waals surface area contributed by atoms with Gasteiger partial charge >= 0.3 is 0 Å². The topological polar surface area (TPSA) is 256 Å². The summed E-state index contributed by atoms with van der Waals surface area (Å²) in [6.07, 6.45) is -21.2. The van der Waals surface area contributed by atoms with Gasteiger partial charge in [-0.05, 0) is 0 Å². The second kappa shape index (κ2) is 12.9. The van der Waals surface area contributed by atoms with Crippen LogP contribution < -0.4 is 0 Å². The van der Waals surface area contributed by atoms with Crippen LogP contribution in [0.2, 0.25) is 0 Å². The molecule has 4 rings (SSSR count). The number of aliphatic hydroxyl groups is 9. The number of rotatable bonds is 11. The highest BCUT2D eigenvalue weighted by atomic mass is 16.8. The normalized spacial score (nSPS) is 51.3. The van der Waals surface area contributed by atoms with Gasteiger partial charge < -0.3 is 83.9 Å². The lowest BCUT2D eigenvalue weighted by Crippen LogP contribution is -2.44. The van der Waals surface area contributed by atoms with E-state index in [1.807, 2.05) is 0 Å². The minimum atomic E-state index is -1.57. The maximum atomic E-state index is 10.9. The molecule has 4 aliphatic rings. The van der Waals surface area contributed by atoms with Crippen LogP contribution in [0, 0.1) is 0 Å². The fourth-order valence-corrected chi connectivity index (χ4v) is 4.71. The van der Waals surface area contributed by atoms with E-state index in [1.54, 1.807) is 0 Å². The molecule has 1 unspecified atom stereocenters. The zero-order valence-corrected chi connectivity index (χ0v) is 20.4. The predicted molar refractivity (Wildman–Crippen MR) is 115 cm³/mol. The highest BCUT2D eigenvalue weighted by molar-refractivity contribution is 4.94. The van der Waals surface area contributed by atoms with Gasteiger partial charge in [0, 0.05) is 7.11 Å². The summed E-state index contributed by atoms with van der Waals surface area (Å²) < 4.78 is 43.3. The highest BCUT2D eigenvalue weighted by Crippen LogP contribution is 2.32. The Kier molecular flexibility index (Phi) is 10.3. The van der Waals surface area contributed by atoms with E-state index < -0.39 is 118 Å². The molecule has 0 saturated carbocycles. The van der Waals surface area contributed by atoms with Crippen LogP contribution in [0.4, 0.5) is 0 Å². The number of hydrogen-bond acceptors (Lipinski definition) is 17. The van der Waals surface area contributed by atoms with Crippen LogP contribution in [0.15, 0.2) is 0 Å². The molecule has 4 saturated heterocycles. The third-order valence-electron chi connectivity index (χ3n) is 6.98. The van der Waals surface area contributed by atoms with Crippen molar-refractivity contribution in [2.45, 2.75) is 98.4 Å². The van der Waals surface area contributed by atoms with E-state index in [9.17, 15) is 46.0 Å².